The number of nitrogens with zero attached hydrogens (tertiary/aromatic N) is 1. The highest BCUT2D eigenvalue weighted by Crippen LogP contribution is 2.14. The van der Waals surface area contributed by atoms with E-state index in [2.05, 4.69) is 4.90 Å². The van der Waals surface area contributed by atoms with Crippen LogP contribution in [-0.4, -0.2) is 36.2 Å². The van der Waals surface area contributed by atoms with Gasteiger partial charge in [0, 0.05) is 25.2 Å². The van der Waals surface area contributed by atoms with Crippen LogP contribution in [0.5, 0.6) is 0 Å². The fraction of sp³-hybridized carbons (Fsp3) is 1.00. The molecule has 1 saturated heterocycles. The fourth-order valence-electron chi connectivity index (χ4n) is 1.64. The van der Waals surface area contributed by atoms with E-state index in [0.29, 0.717) is 12.8 Å². The van der Waals surface area contributed by atoms with Crippen molar-refractivity contribution in [1.29, 1.82) is 0 Å². The molecule has 2 N–H and O–H groups in total. The molecule has 0 spiro atoms. The van der Waals surface area contributed by atoms with Crippen LogP contribution in [0.15, 0.2) is 0 Å². The first kappa shape index (κ1) is 9.93. The van der Waals surface area contributed by atoms with Crippen molar-refractivity contribution in [3.63, 3.8) is 0 Å². The first-order chi connectivity index (χ1) is 5.47. The molecule has 0 aromatic rings. The molecular formula is C9H19FN2. The Labute approximate surface area is 73.9 Å². The Hall–Kier alpha value is -0.150. The summed E-state index contributed by atoms with van der Waals surface area (Å²) in [5.74, 6) is 0. The molecule has 3 heteroatoms. The largest absolute Gasteiger partial charge is 0.324 e. The lowest BCUT2D eigenvalue weighted by molar-refractivity contribution is 0.132. The van der Waals surface area contributed by atoms with Gasteiger partial charge in [0.1, 0.15) is 6.17 Å². The minimum atomic E-state index is -0.581. The number of nitrogens with two attached hydrogens (primary N) is 1. The topological polar surface area (TPSA) is 29.3 Å². The lowest BCUT2D eigenvalue weighted by Crippen LogP contribution is -2.48. The second-order valence-electron chi connectivity index (χ2n) is 4.44. The number of halogens is 1. The summed E-state index contributed by atoms with van der Waals surface area (Å²) in [6.07, 6.45) is 0.772. The molecule has 0 amide bonds. The molecule has 0 radical (unpaired) electrons. The van der Waals surface area contributed by atoms with Crippen molar-refractivity contribution in [2.24, 2.45) is 5.73 Å². The SMILES string of the molecule is CC(C)(N)CN1CCC(F)CC1. The summed E-state index contributed by atoms with van der Waals surface area (Å²) in [7, 11) is 0. The number of rotatable bonds is 2. The highest BCUT2D eigenvalue weighted by Gasteiger charge is 2.22. The maximum atomic E-state index is 12.7. The number of hydrogen-bond donors (Lipinski definition) is 1. The molecule has 1 rings (SSSR count). The van der Waals surface area contributed by atoms with Gasteiger partial charge >= 0.3 is 0 Å². The van der Waals surface area contributed by atoms with Gasteiger partial charge in [-0.25, -0.2) is 4.39 Å². The normalized spacial score (nSPS) is 23.0. The summed E-state index contributed by atoms with van der Waals surface area (Å²) < 4.78 is 12.7. The van der Waals surface area contributed by atoms with E-state index in [-0.39, 0.29) is 5.54 Å². The van der Waals surface area contributed by atoms with Crippen molar-refractivity contribution in [3.8, 4) is 0 Å². The zero-order valence-electron chi connectivity index (χ0n) is 8.02. The predicted molar refractivity (Wildman–Crippen MR) is 48.8 cm³/mol. The molecule has 0 aromatic heterocycles. The van der Waals surface area contributed by atoms with Crippen molar-refractivity contribution in [2.75, 3.05) is 19.6 Å². The molecule has 72 valence electrons. The van der Waals surface area contributed by atoms with Gasteiger partial charge in [-0.15, -0.1) is 0 Å². The Bertz CT molecular complexity index is 134. The Morgan fingerprint density at radius 3 is 2.33 bits per heavy atom. The van der Waals surface area contributed by atoms with E-state index in [4.69, 9.17) is 5.73 Å². The smallest absolute Gasteiger partial charge is 0.103 e. The monoisotopic (exact) mass is 174 g/mol. The van der Waals surface area contributed by atoms with Gasteiger partial charge < -0.3 is 10.6 Å². The second-order valence-corrected chi connectivity index (χ2v) is 4.44. The third-order valence-corrected chi connectivity index (χ3v) is 2.15. The van der Waals surface area contributed by atoms with Crippen LogP contribution >= 0.6 is 0 Å². The molecule has 1 heterocycles. The first-order valence-electron chi connectivity index (χ1n) is 4.63. The van der Waals surface area contributed by atoms with Gasteiger partial charge in [0.05, 0.1) is 0 Å². The van der Waals surface area contributed by atoms with E-state index in [1.54, 1.807) is 0 Å². The van der Waals surface area contributed by atoms with Crippen LogP contribution in [0.1, 0.15) is 26.7 Å². The van der Waals surface area contributed by atoms with Crippen molar-refractivity contribution in [2.45, 2.75) is 38.4 Å². The minimum absolute atomic E-state index is 0.150. The third-order valence-electron chi connectivity index (χ3n) is 2.15. The minimum Gasteiger partial charge on any atom is -0.324 e. The predicted octanol–water partition coefficient (Wildman–Crippen LogP) is 1.16. The first-order valence-corrected chi connectivity index (χ1v) is 4.63. The number of piperidine rings is 1. The number of alkyl halides is 1. The third kappa shape index (κ3) is 3.50. The molecule has 0 aliphatic carbocycles. The Morgan fingerprint density at radius 2 is 1.92 bits per heavy atom. The van der Waals surface area contributed by atoms with Gasteiger partial charge in [0.15, 0.2) is 0 Å². The lowest BCUT2D eigenvalue weighted by Gasteiger charge is -2.33. The lowest BCUT2D eigenvalue weighted by atomic mass is 10.0. The van der Waals surface area contributed by atoms with Crippen LogP contribution in [0.2, 0.25) is 0 Å². The summed E-state index contributed by atoms with van der Waals surface area (Å²) in [4.78, 5) is 2.25. The van der Waals surface area contributed by atoms with Crippen molar-refractivity contribution >= 4 is 0 Å². The molecule has 0 unspecified atom stereocenters. The van der Waals surface area contributed by atoms with E-state index in [1.165, 1.54) is 0 Å². The Balaban J connectivity index is 2.26. The summed E-state index contributed by atoms with van der Waals surface area (Å²) in [5, 5.41) is 0. The average molecular weight is 174 g/mol. The molecule has 0 saturated carbocycles. The molecule has 0 bridgehead atoms. The van der Waals surface area contributed by atoms with Crippen LogP contribution in [0.25, 0.3) is 0 Å². The van der Waals surface area contributed by atoms with Crippen LogP contribution < -0.4 is 5.73 Å². The van der Waals surface area contributed by atoms with Gasteiger partial charge in [-0.05, 0) is 26.7 Å². The van der Waals surface area contributed by atoms with Crippen LogP contribution in [0, 0.1) is 0 Å². The average Bonchev–Trinajstić information content (AvgIpc) is 1.91. The number of hydrogen-bond acceptors (Lipinski definition) is 2. The highest BCUT2D eigenvalue weighted by molar-refractivity contribution is 4.80. The molecule has 1 aliphatic heterocycles. The maximum absolute atomic E-state index is 12.7. The summed E-state index contributed by atoms with van der Waals surface area (Å²) >= 11 is 0. The van der Waals surface area contributed by atoms with E-state index >= 15 is 0 Å². The summed E-state index contributed by atoms with van der Waals surface area (Å²) in [6, 6.07) is 0. The molecular weight excluding hydrogens is 155 g/mol. The van der Waals surface area contributed by atoms with Crippen LogP contribution in [0.3, 0.4) is 0 Å². The van der Waals surface area contributed by atoms with Gasteiger partial charge in [0.25, 0.3) is 0 Å². The highest BCUT2D eigenvalue weighted by atomic mass is 19.1. The van der Waals surface area contributed by atoms with E-state index in [1.807, 2.05) is 13.8 Å². The van der Waals surface area contributed by atoms with Gasteiger partial charge in [-0.1, -0.05) is 0 Å². The van der Waals surface area contributed by atoms with Gasteiger partial charge in [-0.2, -0.15) is 0 Å². The van der Waals surface area contributed by atoms with Gasteiger partial charge in [-0.3, -0.25) is 0 Å². The molecule has 1 fully saturated rings. The fourth-order valence-corrected chi connectivity index (χ4v) is 1.64. The second kappa shape index (κ2) is 3.71. The molecule has 0 aromatic carbocycles. The van der Waals surface area contributed by atoms with Crippen LogP contribution in [-0.2, 0) is 0 Å². The standard InChI is InChI=1S/C9H19FN2/c1-9(2,11)7-12-5-3-8(10)4-6-12/h8H,3-7,11H2,1-2H3. The quantitative estimate of drug-likeness (QED) is 0.680. The van der Waals surface area contributed by atoms with Crippen LogP contribution in [0.4, 0.5) is 4.39 Å². The summed E-state index contributed by atoms with van der Waals surface area (Å²) in [5.41, 5.74) is 5.72. The maximum Gasteiger partial charge on any atom is 0.103 e. The van der Waals surface area contributed by atoms with Gasteiger partial charge in [0.2, 0.25) is 0 Å². The zero-order valence-corrected chi connectivity index (χ0v) is 8.02. The Morgan fingerprint density at radius 1 is 1.42 bits per heavy atom. The van der Waals surface area contributed by atoms with Crippen molar-refractivity contribution < 1.29 is 4.39 Å². The van der Waals surface area contributed by atoms with E-state index < -0.39 is 6.17 Å². The zero-order chi connectivity index (χ0) is 9.19. The van der Waals surface area contributed by atoms with Crippen molar-refractivity contribution in [1.82, 2.24) is 4.90 Å². The molecule has 2 nitrogen and oxygen atoms in total. The Kier molecular flexibility index (Phi) is 3.07. The van der Waals surface area contributed by atoms with E-state index in [9.17, 15) is 4.39 Å². The molecule has 1 aliphatic rings. The number of likely N-dealkylation sites (tertiary alicyclic amines) is 1. The molecule has 0 atom stereocenters. The van der Waals surface area contributed by atoms with E-state index in [0.717, 1.165) is 19.6 Å². The molecule has 12 heavy (non-hydrogen) atoms. The van der Waals surface area contributed by atoms with Crippen molar-refractivity contribution in [3.05, 3.63) is 0 Å². The summed E-state index contributed by atoms with van der Waals surface area (Å²) in [6.45, 7) is 6.62.